The second-order valence-electron chi connectivity index (χ2n) is 5.84. The Balaban J connectivity index is 2.43. The first kappa shape index (κ1) is 14.4. The summed E-state index contributed by atoms with van der Waals surface area (Å²) in [5, 5.41) is 9.26. The van der Waals surface area contributed by atoms with Gasteiger partial charge in [-0.1, -0.05) is 6.07 Å². The van der Waals surface area contributed by atoms with Crippen LogP contribution in [0.15, 0.2) is 18.2 Å². The first-order chi connectivity index (χ1) is 9.22. The van der Waals surface area contributed by atoms with Gasteiger partial charge in [-0.25, -0.2) is 0 Å². The van der Waals surface area contributed by atoms with Crippen molar-refractivity contribution in [3.63, 3.8) is 0 Å². The van der Waals surface area contributed by atoms with E-state index in [9.17, 15) is 14.7 Å². The molecule has 1 atom stereocenters. The standard InChI is InChI=1S/C15H19NO4/c1-9-5-6-12-11(7-9)16(13(17)10(2)20-12)8-15(3,4)14(18)19/h5-7,10H,8H2,1-4H3,(H,18,19). The van der Waals surface area contributed by atoms with Gasteiger partial charge in [-0.15, -0.1) is 0 Å². The van der Waals surface area contributed by atoms with Crippen molar-refractivity contribution >= 4 is 17.6 Å². The van der Waals surface area contributed by atoms with Gasteiger partial charge in [0, 0.05) is 6.54 Å². The lowest BCUT2D eigenvalue weighted by atomic mass is 9.92. The molecule has 0 aromatic heterocycles. The maximum Gasteiger partial charge on any atom is 0.310 e. The SMILES string of the molecule is Cc1ccc2c(c1)N(CC(C)(C)C(=O)O)C(=O)C(C)O2. The van der Waals surface area contributed by atoms with Crippen LogP contribution < -0.4 is 9.64 Å². The smallest absolute Gasteiger partial charge is 0.310 e. The molecule has 1 unspecified atom stereocenters. The quantitative estimate of drug-likeness (QED) is 0.920. The molecule has 0 bridgehead atoms. The maximum absolute atomic E-state index is 12.3. The minimum absolute atomic E-state index is 0.116. The largest absolute Gasteiger partial charge is 0.481 e. The van der Waals surface area contributed by atoms with Gasteiger partial charge in [0.05, 0.1) is 11.1 Å². The lowest BCUT2D eigenvalue weighted by Gasteiger charge is -2.36. The van der Waals surface area contributed by atoms with Crippen LogP contribution in [-0.2, 0) is 9.59 Å². The highest BCUT2D eigenvalue weighted by molar-refractivity contribution is 6.00. The van der Waals surface area contributed by atoms with Gasteiger partial charge in [-0.05, 0) is 45.4 Å². The number of carboxylic acid groups (broad SMARTS) is 1. The number of carbonyl (C=O) groups is 2. The van der Waals surface area contributed by atoms with Gasteiger partial charge in [-0.2, -0.15) is 0 Å². The van der Waals surface area contributed by atoms with Gasteiger partial charge in [0.1, 0.15) is 5.75 Å². The van der Waals surface area contributed by atoms with Gasteiger partial charge in [0.2, 0.25) is 0 Å². The van der Waals surface area contributed by atoms with E-state index < -0.39 is 17.5 Å². The molecule has 0 radical (unpaired) electrons. The summed E-state index contributed by atoms with van der Waals surface area (Å²) in [4.78, 5) is 25.1. The Hall–Kier alpha value is -2.04. The number of rotatable bonds is 3. The molecule has 1 heterocycles. The molecule has 1 N–H and O–H groups in total. The molecule has 0 saturated carbocycles. The number of benzene rings is 1. The Morgan fingerprint density at radius 1 is 1.45 bits per heavy atom. The molecule has 1 aromatic carbocycles. The van der Waals surface area contributed by atoms with Crippen molar-refractivity contribution in [3.05, 3.63) is 23.8 Å². The van der Waals surface area contributed by atoms with E-state index in [2.05, 4.69) is 0 Å². The monoisotopic (exact) mass is 277 g/mol. The summed E-state index contributed by atoms with van der Waals surface area (Å²) in [5.41, 5.74) is 0.614. The highest BCUT2D eigenvalue weighted by atomic mass is 16.5. The van der Waals surface area contributed by atoms with Gasteiger partial charge in [-0.3, -0.25) is 9.59 Å². The number of ether oxygens (including phenoxy) is 1. The summed E-state index contributed by atoms with van der Waals surface area (Å²) >= 11 is 0. The zero-order chi connectivity index (χ0) is 15.1. The number of carbonyl (C=O) groups excluding carboxylic acids is 1. The van der Waals surface area contributed by atoms with Crippen LogP contribution in [0.25, 0.3) is 0 Å². The van der Waals surface area contributed by atoms with Crippen molar-refractivity contribution in [2.45, 2.75) is 33.8 Å². The third-order valence-corrected chi connectivity index (χ3v) is 3.46. The van der Waals surface area contributed by atoms with E-state index in [1.54, 1.807) is 20.8 Å². The van der Waals surface area contributed by atoms with Crippen molar-refractivity contribution in [2.24, 2.45) is 5.41 Å². The average Bonchev–Trinajstić information content (AvgIpc) is 2.35. The molecule has 0 fully saturated rings. The third-order valence-electron chi connectivity index (χ3n) is 3.46. The zero-order valence-electron chi connectivity index (χ0n) is 12.1. The molecule has 1 aromatic rings. The summed E-state index contributed by atoms with van der Waals surface area (Å²) in [6, 6.07) is 5.56. The van der Waals surface area contributed by atoms with Crippen LogP contribution in [0.5, 0.6) is 5.75 Å². The molecular weight excluding hydrogens is 258 g/mol. The summed E-state index contributed by atoms with van der Waals surface area (Å²) in [7, 11) is 0. The number of aryl methyl sites for hydroxylation is 1. The van der Waals surface area contributed by atoms with Crippen LogP contribution in [0.1, 0.15) is 26.3 Å². The highest BCUT2D eigenvalue weighted by Crippen LogP contribution is 2.36. The van der Waals surface area contributed by atoms with Crippen LogP contribution in [0.3, 0.4) is 0 Å². The number of hydrogen-bond donors (Lipinski definition) is 1. The molecule has 2 rings (SSSR count). The summed E-state index contributed by atoms with van der Waals surface area (Å²) in [5.74, 6) is -0.528. The van der Waals surface area contributed by atoms with E-state index in [1.165, 1.54) is 4.90 Å². The summed E-state index contributed by atoms with van der Waals surface area (Å²) in [6.45, 7) is 6.93. The van der Waals surface area contributed by atoms with Crippen molar-refractivity contribution in [2.75, 3.05) is 11.4 Å². The Kier molecular flexibility index (Phi) is 3.46. The van der Waals surface area contributed by atoms with E-state index in [4.69, 9.17) is 4.74 Å². The molecule has 1 aliphatic heterocycles. The fraction of sp³-hybridized carbons (Fsp3) is 0.467. The van der Waals surface area contributed by atoms with Crippen LogP contribution >= 0.6 is 0 Å². The number of anilines is 1. The molecule has 0 spiro atoms. The molecule has 1 aliphatic rings. The number of amides is 1. The Bertz CT molecular complexity index is 565. The van der Waals surface area contributed by atoms with E-state index >= 15 is 0 Å². The van der Waals surface area contributed by atoms with Crippen LogP contribution in [0.2, 0.25) is 0 Å². The van der Waals surface area contributed by atoms with Crippen LogP contribution in [0, 0.1) is 12.3 Å². The molecule has 0 aliphatic carbocycles. The van der Waals surface area contributed by atoms with E-state index in [1.807, 2.05) is 25.1 Å². The van der Waals surface area contributed by atoms with E-state index in [0.717, 1.165) is 5.56 Å². The van der Waals surface area contributed by atoms with Crippen LogP contribution in [0.4, 0.5) is 5.69 Å². The summed E-state index contributed by atoms with van der Waals surface area (Å²) < 4.78 is 5.57. The van der Waals surface area contributed by atoms with Gasteiger partial charge in [0.25, 0.3) is 5.91 Å². The molecular formula is C15H19NO4. The van der Waals surface area contributed by atoms with Crippen molar-refractivity contribution in [1.29, 1.82) is 0 Å². The first-order valence-electron chi connectivity index (χ1n) is 6.54. The summed E-state index contributed by atoms with van der Waals surface area (Å²) in [6.07, 6.45) is -0.602. The number of carboxylic acids is 1. The molecule has 1 amide bonds. The number of hydrogen-bond acceptors (Lipinski definition) is 3. The predicted octanol–water partition coefficient (Wildman–Crippen LogP) is 2.22. The Morgan fingerprint density at radius 3 is 2.70 bits per heavy atom. The molecule has 5 heteroatoms. The second-order valence-corrected chi connectivity index (χ2v) is 5.84. The lowest BCUT2D eigenvalue weighted by molar-refractivity contribution is -0.146. The number of nitrogens with zero attached hydrogens (tertiary/aromatic N) is 1. The molecule has 108 valence electrons. The maximum atomic E-state index is 12.3. The fourth-order valence-electron chi connectivity index (χ4n) is 2.14. The minimum Gasteiger partial charge on any atom is -0.481 e. The zero-order valence-corrected chi connectivity index (χ0v) is 12.1. The van der Waals surface area contributed by atoms with Gasteiger partial charge < -0.3 is 14.7 Å². The van der Waals surface area contributed by atoms with Crippen LogP contribution in [-0.4, -0.2) is 29.6 Å². The number of fused-ring (bicyclic) bond motifs is 1. The predicted molar refractivity (Wildman–Crippen MR) is 75.0 cm³/mol. The normalized spacial score (nSPS) is 18.5. The minimum atomic E-state index is -1.02. The van der Waals surface area contributed by atoms with Gasteiger partial charge in [0.15, 0.2) is 6.10 Å². The van der Waals surface area contributed by atoms with E-state index in [-0.39, 0.29) is 12.5 Å². The average molecular weight is 277 g/mol. The lowest BCUT2D eigenvalue weighted by Crippen LogP contribution is -2.49. The Labute approximate surface area is 118 Å². The first-order valence-corrected chi connectivity index (χ1v) is 6.54. The number of aliphatic carboxylic acids is 1. The topological polar surface area (TPSA) is 66.8 Å². The highest BCUT2D eigenvalue weighted by Gasteiger charge is 2.38. The Morgan fingerprint density at radius 2 is 2.10 bits per heavy atom. The van der Waals surface area contributed by atoms with Crippen molar-refractivity contribution in [3.8, 4) is 5.75 Å². The van der Waals surface area contributed by atoms with Crippen molar-refractivity contribution in [1.82, 2.24) is 0 Å². The molecule has 5 nitrogen and oxygen atoms in total. The third kappa shape index (κ3) is 2.48. The van der Waals surface area contributed by atoms with E-state index in [0.29, 0.717) is 11.4 Å². The van der Waals surface area contributed by atoms with Crippen molar-refractivity contribution < 1.29 is 19.4 Å². The fourth-order valence-corrected chi connectivity index (χ4v) is 2.14. The molecule has 0 saturated heterocycles. The van der Waals surface area contributed by atoms with Gasteiger partial charge >= 0.3 is 5.97 Å². The second kappa shape index (κ2) is 4.81. The molecule has 20 heavy (non-hydrogen) atoms.